The average molecular weight is 415 g/mol. The van der Waals surface area contributed by atoms with Gasteiger partial charge in [0.25, 0.3) is 5.89 Å². The van der Waals surface area contributed by atoms with Crippen molar-refractivity contribution in [1.29, 1.82) is 0 Å². The van der Waals surface area contributed by atoms with Gasteiger partial charge in [-0.1, -0.05) is 60.7 Å². The zero-order valence-corrected chi connectivity index (χ0v) is 17.7. The van der Waals surface area contributed by atoms with Crippen molar-refractivity contribution in [3.63, 3.8) is 0 Å². The van der Waals surface area contributed by atoms with Crippen LogP contribution in [0.4, 0.5) is 0 Å². The number of hydrogen-bond acceptors (Lipinski definition) is 5. The van der Waals surface area contributed by atoms with Crippen molar-refractivity contribution in [1.82, 2.24) is 24.9 Å². The lowest BCUT2D eigenvalue weighted by molar-refractivity contribution is -0.132. The van der Waals surface area contributed by atoms with Crippen molar-refractivity contribution in [3.8, 4) is 11.6 Å². The molecule has 0 atom stereocenters. The van der Waals surface area contributed by atoms with Crippen molar-refractivity contribution in [3.05, 3.63) is 89.4 Å². The fraction of sp³-hybridized carbons (Fsp3) is 0.250. The Morgan fingerprint density at radius 3 is 2.13 bits per heavy atom. The van der Waals surface area contributed by atoms with Gasteiger partial charge in [0.15, 0.2) is 0 Å². The van der Waals surface area contributed by atoms with Gasteiger partial charge in [0.1, 0.15) is 5.69 Å². The van der Waals surface area contributed by atoms with E-state index < -0.39 is 0 Å². The first-order chi connectivity index (χ1) is 15.1. The molecule has 2 aromatic heterocycles. The van der Waals surface area contributed by atoms with Crippen LogP contribution in [0.5, 0.6) is 0 Å². The highest BCUT2D eigenvalue weighted by atomic mass is 16.4. The average Bonchev–Trinajstić information content (AvgIpc) is 3.38. The molecule has 0 fully saturated rings. The van der Waals surface area contributed by atoms with Gasteiger partial charge in [-0.05, 0) is 24.1 Å². The van der Waals surface area contributed by atoms with Crippen molar-refractivity contribution >= 4 is 5.91 Å². The number of carbonyl (C=O) groups excluding carboxylic acids is 1. The van der Waals surface area contributed by atoms with Crippen LogP contribution >= 0.6 is 0 Å². The normalized spacial score (nSPS) is 10.9. The summed E-state index contributed by atoms with van der Waals surface area (Å²) in [5, 5.41) is 12.5. The molecule has 0 radical (unpaired) electrons. The molecular weight excluding hydrogens is 390 g/mol. The maximum atomic E-state index is 13.1. The number of benzene rings is 2. The molecule has 2 heterocycles. The number of nitrogens with zero attached hydrogens (tertiary/aromatic N) is 5. The number of aromatic nitrogens is 4. The SMILES string of the molecule is Cc1cc(-c2nnc(CCC(=O)N(Cc3ccccc3)Cc3ccccc3)o2)n(C)n1. The summed E-state index contributed by atoms with van der Waals surface area (Å²) in [5.74, 6) is 0.904. The van der Waals surface area contributed by atoms with Gasteiger partial charge in [-0.25, -0.2) is 0 Å². The third-order valence-electron chi connectivity index (χ3n) is 5.03. The number of rotatable bonds is 8. The van der Waals surface area contributed by atoms with Gasteiger partial charge in [0.05, 0.1) is 5.69 Å². The van der Waals surface area contributed by atoms with E-state index in [2.05, 4.69) is 15.3 Å². The van der Waals surface area contributed by atoms with Crippen molar-refractivity contribution in [2.75, 3.05) is 0 Å². The molecule has 31 heavy (non-hydrogen) atoms. The predicted molar refractivity (Wildman–Crippen MR) is 117 cm³/mol. The fourth-order valence-corrected chi connectivity index (χ4v) is 3.48. The topological polar surface area (TPSA) is 77.0 Å². The minimum absolute atomic E-state index is 0.0452. The third-order valence-corrected chi connectivity index (χ3v) is 5.03. The zero-order chi connectivity index (χ0) is 21.6. The van der Waals surface area contributed by atoms with Crippen molar-refractivity contribution in [2.45, 2.75) is 32.9 Å². The molecule has 0 spiro atoms. The minimum atomic E-state index is 0.0452. The Kier molecular flexibility index (Phi) is 6.21. The molecule has 1 amide bonds. The third kappa shape index (κ3) is 5.25. The van der Waals surface area contributed by atoms with E-state index in [4.69, 9.17) is 4.42 Å². The first-order valence-corrected chi connectivity index (χ1v) is 10.3. The smallest absolute Gasteiger partial charge is 0.265 e. The molecule has 0 unspecified atom stereocenters. The molecule has 0 saturated heterocycles. The van der Waals surface area contributed by atoms with Crippen LogP contribution < -0.4 is 0 Å². The molecule has 0 N–H and O–H groups in total. The summed E-state index contributed by atoms with van der Waals surface area (Å²) < 4.78 is 7.48. The van der Waals surface area contributed by atoms with E-state index in [9.17, 15) is 4.79 Å². The maximum Gasteiger partial charge on any atom is 0.265 e. The Morgan fingerprint density at radius 1 is 0.968 bits per heavy atom. The molecule has 7 nitrogen and oxygen atoms in total. The molecule has 0 bridgehead atoms. The number of carbonyl (C=O) groups is 1. The highest BCUT2D eigenvalue weighted by Gasteiger charge is 2.18. The van der Waals surface area contributed by atoms with Gasteiger partial charge < -0.3 is 9.32 Å². The van der Waals surface area contributed by atoms with E-state index in [0.29, 0.717) is 37.7 Å². The van der Waals surface area contributed by atoms with Gasteiger partial charge in [-0.15, -0.1) is 10.2 Å². The van der Waals surface area contributed by atoms with Gasteiger partial charge in [0, 0.05) is 33.0 Å². The quantitative estimate of drug-likeness (QED) is 0.436. The second-order valence-electron chi connectivity index (χ2n) is 7.52. The molecule has 0 saturated carbocycles. The molecule has 4 aromatic rings. The minimum Gasteiger partial charge on any atom is -0.419 e. The Hall–Kier alpha value is -3.74. The first kappa shape index (κ1) is 20.5. The number of hydrogen-bond donors (Lipinski definition) is 0. The van der Waals surface area contributed by atoms with Crippen LogP contribution in [0.1, 0.15) is 29.1 Å². The maximum absolute atomic E-state index is 13.1. The lowest BCUT2D eigenvalue weighted by Crippen LogP contribution is -2.30. The number of amides is 1. The molecule has 4 rings (SSSR count). The summed E-state index contributed by atoms with van der Waals surface area (Å²) in [6, 6.07) is 21.9. The molecule has 0 aliphatic rings. The van der Waals surface area contributed by atoms with Gasteiger partial charge in [-0.3, -0.25) is 9.48 Å². The van der Waals surface area contributed by atoms with Crippen LogP contribution in [0.3, 0.4) is 0 Å². The molecular formula is C24H25N5O2. The largest absolute Gasteiger partial charge is 0.419 e. The van der Waals surface area contributed by atoms with Crippen LogP contribution in [-0.4, -0.2) is 30.8 Å². The van der Waals surface area contributed by atoms with Crippen LogP contribution in [0.2, 0.25) is 0 Å². The lowest BCUT2D eigenvalue weighted by Gasteiger charge is -2.23. The second kappa shape index (κ2) is 9.38. The lowest BCUT2D eigenvalue weighted by atomic mass is 10.1. The van der Waals surface area contributed by atoms with E-state index >= 15 is 0 Å². The molecule has 7 heteroatoms. The van der Waals surface area contributed by atoms with Crippen LogP contribution in [0, 0.1) is 6.92 Å². The summed E-state index contributed by atoms with van der Waals surface area (Å²) in [4.78, 5) is 14.9. The van der Waals surface area contributed by atoms with Crippen molar-refractivity contribution < 1.29 is 9.21 Å². The van der Waals surface area contributed by atoms with Crippen LogP contribution in [-0.2, 0) is 31.4 Å². The summed E-state index contributed by atoms with van der Waals surface area (Å²) >= 11 is 0. The van der Waals surface area contributed by atoms with Gasteiger partial charge in [0.2, 0.25) is 11.8 Å². The Balaban J connectivity index is 1.44. The predicted octanol–water partition coefficient (Wildman–Crippen LogP) is 3.94. The molecule has 158 valence electrons. The zero-order valence-electron chi connectivity index (χ0n) is 17.7. The summed E-state index contributed by atoms with van der Waals surface area (Å²) in [7, 11) is 1.83. The monoisotopic (exact) mass is 415 g/mol. The standard InChI is InChI=1S/C24H25N5O2/c1-18-15-21(28(2)27-18)24-26-25-22(31-24)13-14-23(30)29(16-19-9-5-3-6-10-19)17-20-11-7-4-8-12-20/h3-12,15H,13-14,16-17H2,1-2H3. The van der Waals surface area contributed by atoms with E-state index in [1.807, 2.05) is 85.6 Å². The van der Waals surface area contributed by atoms with Crippen LogP contribution in [0.15, 0.2) is 71.1 Å². The highest BCUT2D eigenvalue weighted by molar-refractivity contribution is 5.76. The van der Waals surface area contributed by atoms with Gasteiger partial charge >= 0.3 is 0 Å². The molecule has 2 aromatic carbocycles. The van der Waals surface area contributed by atoms with Crippen LogP contribution in [0.25, 0.3) is 11.6 Å². The first-order valence-electron chi connectivity index (χ1n) is 10.3. The highest BCUT2D eigenvalue weighted by Crippen LogP contribution is 2.19. The Bertz CT molecular complexity index is 1090. The Morgan fingerprint density at radius 2 is 1.58 bits per heavy atom. The van der Waals surface area contributed by atoms with E-state index in [-0.39, 0.29) is 5.91 Å². The van der Waals surface area contributed by atoms with E-state index in [0.717, 1.165) is 22.5 Å². The number of aryl methyl sites for hydroxylation is 3. The second-order valence-corrected chi connectivity index (χ2v) is 7.52. The summed E-state index contributed by atoms with van der Waals surface area (Å²) in [6.07, 6.45) is 0.689. The molecule has 0 aliphatic heterocycles. The fourth-order valence-electron chi connectivity index (χ4n) is 3.48. The summed E-state index contributed by atoms with van der Waals surface area (Å²) in [6.45, 7) is 3.02. The molecule has 0 aliphatic carbocycles. The van der Waals surface area contributed by atoms with Gasteiger partial charge in [-0.2, -0.15) is 5.10 Å². The van der Waals surface area contributed by atoms with E-state index in [1.165, 1.54) is 0 Å². The van der Waals surface area contributed by atoms with Crippen molar-refractivity contribution in [2.24, 2.45) is 7.05 Å². The summed E-state index contributed by atoms with van der Waals surface area (Å²) in [5.41, 5.74) is 3.83. The Labute approximate surface area is 181 Å². The van der Waals surface area contributed by atoms with E-state index in [1.54, 1.807) is 4.68 Å².